The molecule has 1 aromatic carbocycles. The van der Waals surface area contributed by atoms with Crippen molar-refractivity contribution in [3.05, 3.63) is 51.3 Å². The third kappa shape index (κ3) is 3.08. The molecule has 0 aliphatic carbocycles. The summed E-state index contributed by atoms with van der Waals surface area (Å²) in [5.41, 5.74) is 1.08. The molecular formula is C11H8BrClN2O2. The molecule has 0 bridgehead atoms. The molecule has 0 radical (unpaired) electrons. The number of benzene rings is 1. The van der Waals surface area contributed by atoms with Crippen LogP contribution in [0.4, 0.5) is 0 Å². The minimum Gasteiger partial charge on any atom is -0.364 e. The Morgan fingerprint density at radius 1 is 1.47 bits per heavy atom. The Labute approximate surface area is 111 Å². The first kappa shape index (κ1) is 12.1. The molecule has 6 heteroatoms. The lowest BCUT2D eigenvalue weighted by molar-refractivity contribution is 0.0950. The molecule has 1 aromatic heterocycles. The second kappa shape index (κ2) is 5.33. The van der Waals surface area contributed by atoms with Crippen molar-refractivity contribution in [2.45, 2.75) is 6.54 Å². The van der Waals surface area contributed by atoms with E-state index in [1.54, 1.807) is 24.3 Å². The maximum Gasteiger partial charge on any atom is 0.253 e. The number of carbonyl (C=O) groups is 1. The van der Waals surface area contributed by atoms with E-state index < -0.39 is 0 Å². The summed E-state index contributed by atoms with van der Waals surface area (Å²) in [4.78, 5) is 11.8. The van der Waals surface area contributed by atoms with E-state index in [0.29, 0.717) is 22.8 Å². The smallest absolute Gasteiger partial charge is 0.253 e. The summed E-state index contributed by atoms with van der Waals surface area (Å²) in [7, 11) is 0. The van der Waals surface area contributed by atoms with Crippen molar-refractivity contribution in [1.29, 1.82) is 0 Å². The summed E-state index contributed by atoms with van der Waals surface area (Å²) < 4.78 is 5.46. The molecule has 17 heavy (non-hydrogen) atoms. The van der Waals surface area contributed by atoms with E-state index in [-0.39, 0.29) is 5.91 Å². The molecule has 0 unspecified atom stereocenters. The topological polar surface area (TPSA) is 55.1 Å². The number of nitrogens with one attached hydrogen (secondary N) is 1. The van der Waals surface area contributed by atoms with Crippen LogP contribution in [-0.2, 0) is 6.54 Å². The number of hydrogen-bond donors (Lipinski definition) is 1. The molecule has 1 heterocycles. The van der Waals surface area contributed by atoms with Crippen molar-refractivity contribution in [3.8, 4) is 0 Å². The highest BCUT2D eigenvalue weighted by atomic mass is 79.9. The number of amides is 1. The van der Waals surface area contributed by atoms with E-state index in [9.17, 15) is 4.79 Å². The quantitative estimate of drug-likeness (QED) is 0.947. The summed E-state index contributed by atoms with van der Waals surface area (Å²) in [6, 6.07) is 6.79. The lowest BCUT2D eigenvalue weighted by atomic mass is 10.2. The van der Waals surface area contributed by atoms with Crippen LogP contribution in [0.25, 0.3) is 0 Å². The standard InChI is InChI=1S/C11H8BrClN2O2/c12-7-1-2-10(13)9(5-7)11(16)14-6-8-3-4-17-15-8/h1-5H,6H2,(H,14,16). The van der Waals surface area contributed by atoms with Gasteiger partial charge in [0.25, 0.3) is 5.91 Å². The van der Waals surface area contributed by atoms with Gasteiger partial charge in [-0.15, -0.1) is 0 Å². The van der Waals surface area contributed by atoms with E-state index in [0.717, 1.165) is 4.47 Å². The molecule has 0 aliphatic heterocycles. The normalized spacial score (nSPS) is 10.2. The number of aromatic nitrogens is 1. The predicted octanol–water partition coefficient (Wildman–Crippen LogP) is 3.02. The summed E-state index contributed by atoms with van der Waals surface area (Å²) in [6.07, 6.45) is 1.45. The largest absolute Gasteiger partial charge is 0.364 e. The van der Waals surface area contributed by atoms with Crippen molar-refractivity contribution < 1.29 is 9.32 Å². The van der Waals surface area contributed by atoms with E-state index in [1.807, 2.05) is 0 Å². The van der Waals surface area contributed by atoms with E-state index in [4.69, 9.17) is 11.6 Å². The molecular weight excluding hydrogens is 307 g/mol. The summed E-state index contributed by atoms with van der Waals surface area (Å²) in [5.74, 6) is -0.251. The van der Waals surface area contributed by atoms with Gasteiger partial charge in [-0.1, -0.05) is 32.7 Å². The monoisotopic (exact) mass is 314 g/mol. The molecule has 0 spiro atoms. The average molecular weight is 316 g/mol. The minimum atomic E-state index is -0.251. The zero-order chi connectivity index (χ0) is 12.3. The summed E-state index contributed by atoms with van der Waals surface area (Å²) >= 11 is 9.22. The Bertz CT molecular complexity index is 528. The van der Waals surface area contributed by atoms with Crippen LogP contribution in [-0.4, -0.2) is 11.1 Å². The Balaban J connectivity index is 2.07. The first-order valence-electron chi connectivity index (χ1n) is 4.79. The van der Waals surface area contributed by atoms with Gasteiger partial charge in [0.1, 0.15) is 12.0 Å². The van der Waals surface area contributed by atoms with Gasteiger partial charge in [0, 0.05) is 10.5 Å². The summed E-state index contributed by atoms with van der Waals surface area (Å²) in [6.45, 7) is 0.304. The molecule has 2 rings (SSSR count). The molecule has 88 valence electrons. The average Bonchev–Trinajstić information content (AvgIpc) is 2.82. The summed E-state index contributed by atoms with van der Waals surface area (Å²) in [5, 5.41) is 6.80. The predicted molar refractivity (Wildman–Crippen MR) is 66.8 cm³/mol. The molecule has 0 fully saturated rings. The molecule has 1 N–H and O–H groups in total. The zero-order valence-corrected chi connectivity index (χ0v) is 11.0. The van der Waals surface area contributed by atoms with Gasteiger partial charge < -0.3 is 9.84 Å². The fourth-order valence-corrected chi connectivity index (χ4v) is 1.83. The fourth-order valence-electron chi connectivity index (χ4n) is 1.27. The Kier molecular flexibility index (Phi) is 3.81. The first-order valence-corrected chi connectivity index (χ1v) is 5.96. The van der Waals surface area contributed by atoms with Crippen molar-refractivity contribution in [3.63, 3.8) is 0 Å². The van der Waals surface area contributed by atoms with Crippen molar-refractivity contribution in [2.24, 2.45) is 0 Å². The maximum atomic E-state index is 11.8. The third-order valence-electron chi connectivity index (χ3n) is 2.09. The second-order valence-corrected chi connectivity index (χ2v) is 4.62. The molecule has 4 nitrogen and oxygen atoms in total. The maximum absolute atomic E-state index is 11.8. The van der Waals surface area contributed by atoms with Gasteiger partial charge in [-0.05, 0) is 18.2 Å². The van der Waals surface area contributed by atoms with Gasteiger partial charge in [-0.3, -0.25) is 4.79 Å². The highest BCUT2D eigenvalue weighted by Crippen LogP contribution is 2.20. The molecule has 0 saturated heterocycles. The van der Waals surface area contributed by atoms with Crippen LogP contribution in [0.1, 0.15) is 16.1 Å². The Hall–Kier alpha value is -1.33. The Morgan fingerprint density at radius 3 is 3.00 bits per heavy atom. The van der Waals surface area contributed by atoms with Crippen LogP contribution in [0.5, 0.6) is 0 Å². The second-order valence-electron chi connectivity index (χ2n) is 3.30. The van der Waals surface area contributed by atoms with E-state index >= 15 is 0 Å². The molecule has 1 amide bonds. The van der Waals surface area contributed by atoms with Gasteiger partial charge in [-0.2, -0.15) is 0 Å². The Morgan fingerprint density at radius 2 is 2.29 bits per heavy atom. The van der Waals surface area contributed by atoms with Gasteiger partial charge in [0.15, 0.2) is 0 Å². The van der Waals surface area contributed by atoms with Gasteiger partial charge in [0.05, 0.1) is 17.1 Å². The lowest BCUT2D eigenvalue weighted by Gasteiger charge is -2.05. The fraction of sp³-hybridized carbons (Fsp3) is 0.0909. The van der Waals surface area contributed by atoms with Crippen molar-refractivity contribution in [1.82, 2.24) is 10.5 Å². The zero-order valence-electron chi connectivity index (χ0n) is 8.61. The van der Waals surface area contributed by atoms with Crippen LogP contribution in [0.3, 0.4) is 0 Å². The van der Waals surface area contributed by atoms with Gasteiger partial charge in [0.2, 0.25) is 0 Å². The number of hydrogen-bond acceptors (Lipinski definition) is 3. The van der Waals surface area contributed by atoms with Gasteiger partial charge >= 0.3 is 0 Å². The number of carbonyl (C=O) groups excluding carboxylic acids is 1. The number of halogens is 2. The van der Waals surface area contributed by atoms with E-state index in [2.05, 4.69) is 30.9 Å². The van der Waals surface area contributed by atoms with Crippen LogP contribution in [0.15, 0.2) is 39.5 Å². The molecule has 0 aliphatic rings. The van der Waals surface area contributed by atoms with E-state index in [1.165, 1.54) is 6.26 Å². The highest BCUT2D eigenvalue weighted by Gasteiger charge is 2.10. The molecule has 0 saturated carbocycles. The van der Waals surface area contributed by atoms with Crippen LogP contribution in [0, 0.1) is 0 Å². The lowest BCUT2D eigenvalue weighted by Crippen LogP contribution is -2.23. The van der Waals surface area contributed by atoms with Crippen molar-refractivity contribution >= 4 is 33.4 Å². The first-order chi connectivity index (χ1) is 8.16. The van der Waals surface area contributed by atoms with Crippen molar-refractivity contribution in [2.75, 3.05) is 0 Å². The van der Waals surface area contributed by atoms with Crippen LogP contribution >= 0.6 is 27.5 Å². The number of nitrogens with zero attached hydrogens (tertiary/aromatic N) is 1. The molecule has 2 aromatic rings. The van der Waals surface area contributed by atoms with Crippen LogP contribution in [0.2, 0.25) is 5.02 Å². The highest BCUT2D eigenvalue weighted by molar-refractivity contribution is 9.10. The molecule has 0 atom stereocenters. The SMILES string of the molecule is O=C(NCc1ccon1)c1cc(Br)ccc1Cl. The van der Waals surface area contributed by atoms with Gasteiger partial charge in [-0.25, -0.2) is 0 Å². The number of rotatable bonds is 3. The van der Waals surface area contributed by atoms with Crippen LogP contribution < -0.4 is 5.32 Å². The minimum absolute atomic E-state index is 0.251. The third-order valence-corrected chi connectivity index (χ3v) is 2.92.